The highest BCUT2D eigenvalue weighted by Crippen LogP contribution is 2.21. The van der Waals surface area contributed by atoms with Crippen LogP contribution in [0.2, 0.25) is 0 Å². The van der Waals surface area contributed by atoms with Crippen molar-refractivity contribution in [2.45, 2.75) is 6.92 Å². The molecule has 1 amide bonds. The molecule has 1 aromatic carbocycles. The highest BCUT2D eigenvalue weighted by atomic mass is 16.3. The number of carbonyl (C=O) groups is 2. The van der Waals surface area contributed by atoms with Gasteiger partial charge in [-0.25, -0.2) is 0 Å². The molecule has 0 atom stereocenters. The van der Waals surface area contributed by atoms with E-state index in [1.54, 1.807) is 6.07 Å². The molecule has 4 nitrogen and oxygen atoms in total. The highest BCUT2D eigenvalue weighted by molar-refractivity contribution is 5.97. The molecule has 0 fully saturated rings. The number of nitrogens with one attached hydrogen (secondary N) is 1. The maximum atomic E-state index is 10.9. The minimum absolute atomic E-state index is 0.126. The first-order chi connectivity index (χ1) is 6.15. The van der Waals surface area contributed by atoms with Crippen LogP contribution in [0.4, 0.5) is 5.69 Å². The third kappa shape index (κ3) is 2.05. The van der Waals surface area contributed by atoms with E-state index in [4.69, 9.17) is 0 Å². The van der Waals surface area contributed by atoms with Crippen LogP contribution in [0.15, 0.2) is 18.2 Å². The van der Waals surface area contributed by atoms with Gasteiger partial charge in [-0.2, -0.15) is 0 Å². The van der Waals surface area contributed by atoms with Gasteiger partial charge in [-0.15, -0.1) is 0 Å². The zero-order valence-electron chi connectivity index (χ0n) is 7.07. The molecule has 2 N–H and O–H groups in total. The lowest BCUT2D eigenvalue weighted by atomic mass is 10.1. The summed E-state index contributed by atoms with van der Waals surface area (Å²) in [4.78, 5) is 20.9. The van der Waals surface area contributed by atoms with Crippen LogP contribution in [-0.2, 0) is 4.79 Å². The third-order valence-electron chi connectivity index (χ3n) is 1.60. The number of rotatable bonds is 3. The van der Waals surface area contributed by atoms with Crippen molar-refractivity contribution in [3.63, 3.8) is 0 Å². The van der Waals surface area contributed by atoms with Gasteiger partial charge in [0.1, 0.15) is 5.75 Å². The maximum Gasteiger partial charge on any atom is 0.211 e. The van der Waals surface area contributed by atoms with Gasteiger partial charge in [-0.05, 0) is 19.1 Å². The second-order valence-electron chi connectivity index (χ2n) is 2.55. The minimum Gasteiger partial charge on any atom is -0.507 e. The van der Waals surface area contributed by atoms with Gasteiger partial charge in [0.2, 0.25) is 6.41 Å². The van der Waals surface area contributed by atoms with E-state index in [0.717, 1.165) is 0 Å². The normalized spacial score (nSPS) is 9.31. The molecule has 0 unspecified atom stereocenters. The van der Waals surface area contributed by atoms with Crippen molar-refractivity contribution in [1.82, 2.24) is 0 Å². The van der Waals surface area contributed by atoms with Crippen LogP contribution >= 0.6 is 0 Å². The molecule has 0 heterocycles. The second kappa shape index (κ2) is 3.71. The Morgan fingerprint density at radius 1 is 1.54 bits per heavy atom. The largest absolute Gasteiger partial charge is 0.507 e. The maximum absolute atomic E-state index is 10.9. The number of aromatic hydroxyl groups is 1. The molecule has 0 saturated carbocycles. The van der Waals surface area contributed by atoms with Crippen molar-refractivity contribution in [3.05, 3.63) is 23.8 Å². The molecule has 0 spiro atoms. The molecule has 0 radical (unpaired) electrons. The lowest BCUT2D eigenvalue weighted by molar-refractivity contribution is -0.105. The van der Waals surface area contributed by atoms with Crippen LogP contribution < -0.4 is 5.32 Å². The molecule has 0 aliphatic heterocycles. The van der Waals surface area contributed by atoms with Crippen molar-refractivity contribution >= 4 is 17.9 Å². The van der Waals surface area contributed by atoms with Crippen LogP contribution in [0, 0.1) is 0 Å². The van der Waals surface area contributed by atoms with E-state index in [-0.39, 0.29) is 17.1 Å². The van der Waals surface area contributed by atoms with E-state index in [2.05, 4.69) is 5.32 Å². The first kappa shape index (κ1) is 9.25. The van der Waals surface area contributed by atoms with Gasteiger partial charge in [0.25, 0.3) is 0 Å². The number of anilines is 1. The minimum atomic E-state index is -0.213. The number of phenols is 1. The number of benzene rings is 1. The number of hydrogen-bond acceptors (Lipinski definition) is 3. The van der Waals surface area contributed by atoms with Crippen molar-refractivity contribution in [2.75, 3.05) is 5.32 Å². The van der Waals surface area contributed by atoms with Gasteiger partial charge < -0.3 is 10.4 Å². The van der Waals surface area contributed by atoms with E-state index < -0.39 is 0 Å². The van der Waals surface area contributed by atoms with E-state index in [9.17, 15) is 14.7 Å². The van der Waals surface area contributed by atoms with Gasteiger partial charge >= 0.3 is 0 Å². The topological polar surface area (TPSA) is 66.4 Å². The van der Waals surface area contributed by atoms with E-state index in [1.807, 2.05) is 0 Å². The Labute approximate surface area is 75.2 Å². The molecule has 0 bridgehead atoms. The molecule has 4 heteroatoms. The number of amides is 1. The van der Waals surface area contributed by atoms with Gasteiger partial charge in [0.15, 0.2) is 5.78 Å². The van der Waals surface area contributed by atoms with E-state index in [0.29, 0.717) is 12.1 Å². The third-order valence-corrected chi connectivity index (χ3v) is 1.60. The first-order valence-electron chi connectivity index (χ1n) is 3.69. The predicted molar refractivity (Wildman–Crippen MR) is 47.8 cm³/mol. The number of Topliss-reactive ketones (excluding diaryl/α,β-unsaturated/α-hetero) is 1. The Morgan fingerprint density at radius 3 is 2.69 bits per heavy atom. The quantitative estimate of drug-likeness (QED) is 0.540. The van der Waals surface area contributed by atoms with Gasteiger partial charge in [0.05, 0.1) is 5.56 Å². The Bertz CT molecular complexity index is 347. The Balaban J connectivity index is 3.05. The number of phenolic OH excluding ortho intramolecular Hbond substituents is 1. The van der Waals surface area contributed by atoms with E-state index >= 15 is 0 Å². The molecular formula is C9H9NO3. The summed E-state index contributed by atoms with van der Waals surface area (Å²) in [6.45, 7) is 1.36. The number of ketones is 1. The van der Waals surface area contributed by atoms with Crippen molar-refractivity contribution in [1.29, 1.82) is 0 Å². The van der Waals surface area contributed by atoms with Crippen LogP contribution in [0.5, 0.6) is 5.75 Å². The molecule has 0 saturated heterocycles. The molecular weight excluding hydrogens is 170 g/mol. The summed E-state index contributed by atoms with van der Waals surface area (Å²) in [6, 6.07) is 4.33. The van der Waals surface area contributed by atoms with Gasteiger partial charge in [-0.3, -0.25) is 9.59 Å². The average Bonchev–Trinajstić information content (AvgIpc) is 2.04. The fourth-order valence-electron chi connectivity index (χ4n) is 0.987. The molecule has 1 rings (SSSR count). The first-order valence-corrected chi connectivity index (χ1v) is 3.69. The number of hydrogen-bond donors (Lipinski definition) is 2. The molecule has 68 valence electrons. The standard InChI is InChI=1S/C9H9NO3/c1-6(12)8-3-2-7(10-5-11)4-9(8)13/h2-5,13H,1H3,(H,10,11). The summed E-state index contributed by atoms with van der Waals surface area (Å²) in [5, 5.41) is 11.7. The molecule has 1 aromatic rings. The van der Waals surface area contributed by atoms with Crippen molar-refractivity contribution in [3.8, 4) is 5.75 Å². The average molecular weight is 179 g/mol. The SMILES string of the molecule is CC(=O)c1ccc(NC=O)cc1O. The zero-order chi connectivity index (χ0) is 9.84. The lowest BCUT2D eigenvalue weighted by Gasteiger charge is -2.02. The fourth-order valence-corrected chi connectivity index (χ4v) is 0.987. The Morgan fingerprint density at radius 2 is 2.23 bits per heavy atom. The highest BCUT2D eigenvalue weighted by Gasteiger charge is 2.05. The predicted octanol–water partition coefficient (Wildman–Crippen LogP) is 1.16. The molecule has 0 aliphatic carbocycles. The summed E-state index contributed by atoms with van der Waals surface area (Å²) in [5.41, 5.74) is 0.703. The monoisotopic (exact) mass is 179 g/mol. The molecule has 0 aromatic heterocycles. The Kier molecular flexibility index (Phi) is 2.64. The fraction of sp³-hybridized carbons (Fsp3) is 0.111. The van der Waals surface area contributed by atoms with Crippen LogP contribution in [-0.4, -0.2) is 17.3 Å². The van der Waals surface area contributed by atoms with Crippen LogP contribution in [0.25, 0.3) is 0 Å². The zero-order valence-corrected chi connectivity index (χ0v) is 7.07. The van der Waals surface area contributed by atoms with Crippen LogP contribution in [0.1, 0.15) is 17.3 Å². The summed E-state index contributed by atoms with van der Waals surface area (Å²) in [6.07, 6.45) is 0.502. The van der Waals surface area contributed by atoms with Crippen molar-refractivity contribution in [2.24, 2.45) is 0 Å². The second-order valence-corrected chi connectivity index (χ2v) is 2.55. The van der Waals surface area contributed by atoms with Gasteiger partial charge in [-0.1, -0.05) is 0 Å². The smallest absolute Gasteiger partial charge is 0.211 e. The van der Waals surface area contributed by atoms with Gasteiger partial charge in [0, 0.05) is 11.8 Å². The summed E-state index contributed by atoms with van der Waals surface area (Å²) in [7, 11) is 0. The summed E-state index contributed by atoms with van der Waals surface area (Å²) in [5.74, 6) is -0.338. The summed E-state index contributed by atoms with van der Waals surface area (Å²) < 4.78 is 0. The van der Waals surface area contributed by atoms with Crippen molar-refractivity contribution < 1.29 is 14.7 Å². The lowest BCUT2D eigenvalue weighted by Crippen LogP contribution is -1.96. The molecule has 0 aliphatic rings. The molecule has 13 heavy (non-hydrogen) atoms. The number of carbonyl (C=O) groups excluding carboxylic acids is 2. The summed E-state index contributed by atoms with van der Waals surface area (Å²) >= 11 is 0. The van der Waals surface area contributed by atoms with Crippen LogP contribution in [0.3, 0.4) is 0 Å². The Hall–Kier alpha value is -1.84. The van der Waals surface area contributed by atoms with E-state index in [1.165, 1.54) is 19.1 Å².